The van der Waals surface area contributed by atoms with E-state index >= 15 is 0 Å². The summed E-state index contributed by atoms with van der Waals surface area (Å²) in [5.41, 5.74) is 3.21. The Morgan fingerprint density at radius 3 is 2.58 bits per heavy atom. The van der Waals surface area contributed by atoms with Gasteiger partial charge in [-0.1, -0.05) is 48.5 Å². The van der Waals surface area contributed by atoms with E-state index in [9.17, 15) is 5.26 Å². The van der Waals surface area contributed by atoms with Gasteiger partial charge in [-0.3, -0.25) is 4.98 Å². The van der Waals surface area contributed by atoms with E-state index < -0.39 is 0 Å². The Morgan fingerprint density at radius 2 is 1.83 bits per heavy atom. The normalized spacial score (nSPS) is 10.9. The Bertz CT molecular complexity index is 865. The summed E-state index contributed by atoms with van der Waals surface area (Å²) in [6.07, 6.45) is 3.50. The van der Waals surface area contributed by atoms with Gasteiger partial charge in [-0.15, -0.1) is 0 Å². The molecule has 1 aromatic heterocycles. The van der Waals surface area contributed by atoms with Crippen LogP contribution in [0.3, 0.4) is 0 Å². The Labute approximate surface area is 141 Å². The fraction of sp³-hybridized carbons (Fsp3) is 0.0476. The lowest BCUT2D eigenvalue weighted by Gasteiger charge is -2.07. The van der Waals surface area contributed by atoms with E-state index in [1.807, 2.05) is 78.9 Å². The van der Waals surface area contributed by atoms with Crippen molar-refractivity contribution in [2.45, 2.75) is 6.61 Å². The zero-order chi connectivity index (χ0) is 16.6. The van der Waals surface area contributed by atoms with Crippen molar-refractivity contribution in [3.05, 3.63) is 95.8 Å². The molecule has 0 bridgehead atoms. The summed E-state index contributed by atoms with van der Waals surface area (Å²) >= 11 is 0. The number of allylic oxidation sites excluding steroid dienone is 1. The highest BCUT2D eigenvalue weighted by molar-refractivity contribution is 5.88. The van der Waals surface area contributed by atoms with Crippen LogP contribution in [0.25, 0.3) is 11.6 Å². The maximum atomic E-state index is 9.37. The third-order valence-corrected chi connectivity index (χ3v) is 3.48. The molecule has 0 amide bonds. The van der Waals surface area contributed by atoms with Crippen molar-refractivity contribution >= 4 is 11.6 Å². The molecule has 0 unspecified atom stereocenters. The van der Waals surface area contributed by atoms with E-state index in [0.717, 1.165) is 16.9 Å². The van der Waals surface area contributed by atoms with E-state index in [0.29, 0.717) is 17.9 Å². The molecule has 3 rings (SSSR count). The molecule has 0 radical (unpaired) electrons. The predicted molar refractivity (Wildman–Crippen MR) is 94.9 cm³/mol. The highest BCUT2D eigenvalue weighted by atomic mass is 16.5. The van der Waals surface area contributed by atoms with E-state index in [1.54, 1.807) is 6.20 Å². The van der Waals surface area contributed by atoms with Crippen molar-refractivity contribution in [3.8, 4) is 11.8 Å². The molecule has 3 heteroatoms. The number of ether oxygens (including phenoxy) is 1. The lowest BCUT2D eigenvalue weighted by atomic mass is 10.1. The molecule has 3 aromatic rings. The second-order valence-electron chi connectivity index (χ2n) is 5.23. The van der Waals surface area contributed by atoms with Crippen LogP contribution < -0.4 is 4.74 Å². The number of nitrogens with zero attached hydrogens (tertiary/aromatic N) is 2. The summed E-state index contributed by atoms with van der Waals surface area (Å²) in [6, 6.07) is 25.4. The van der Waals surface area contributed by atoms with Gasteiger partial charge in [0, 0.05) is 6.20 Å². The van der Waals surface area contributed by atoms with Crippen molar-refractivity contribution in [1.82, 2.24) is 4.98 Å². The lowest BCUT2D eigenvalue weighted by Crippen LogP contribution is -1.95. The third kappa shape index (κ3) is 4.08. The Balaban J connectivity index is 1.77. The molecule has 0 N–H and O–H groups in total. The van der Waals surface area contributed by atoms with Crippen LogP contribution in [0, 0.1) is 11.3 Å². The minimum absolute atomic E-state index is 0.513. The first kappa shape index (κ1) is 15.5. The molecule has 116 valence electrons. The summed E-state index contributed by atoms with van der Waals surface area (Å²) in [5.74, 6) is 0.769. The highest BCUT2D eigenvalue weighted by Crippen LogP contribution is 2.20. The van der Waals surface area contributed by atoms with Crippen LogP contribution in [0.5, 0.6) is 5.75 Å². The molecule has 1 heterocycles. The van der Waals surface area contributed by atoms with Crippen molar-refractivity contribution < 1.29 is 4.74 Å². The molecule has 0 atom stereocenters. The molecule has 0 aliphatic rings. The summed E-state index contributed by atoms with van der Waals surface area (Å²) < 4.78 is 5.83. The molecule has 0 aliphatic carbocycles. The van der Waals surface area contributed by atoms with Crippen molar-refractivity contribution in [2.75, 3.05) is 0 Å². The Kier molecular flexibility index (Phi) is 5.01. The first-order valence-electron chi connectivity index (χ1n) is 7.65. The van der Waals surface area contributed by atoms with Crippen LogP contribution in [0.1, 0.15) is 16.8 Å². The average molecular weight is 312 g/mol. The molecule has 24 heavy (non-hydrogen) atoms. The second-order valence-corrected chi connectivity index (χ2v) is 5.23. The fourth-order valence-electron chi connectivity index (χ4n) is 2.29. The maximum absolute atomic E-state index is 9.37. The number of hydrogen-bond acceptors (Lipinski definition) is 3. The molecule has 0 fully saturated rings. The summed E-state index contributed by atoms with van der Waals surface area (Å²) in [4.78, 5) is 4.22. The number of benzene rings is 2. The molecular weight excluding hydrogens is 296 g/mol. The number of nitriles is 1. The lowest BCUT2D eigenvalue weighted by molar-refractivity contribution is 0.306. The molecular formula is C21H16N2O. The first-order chi connectivity index (χ1) is 11.8. The molecule has 3 nitrogen and oxygen atoms in total. The smallest absolute Gasteiger partial charge is 0.120 e. The Hall–Kier alpha value is -3.38. The zero-order valence-corrected chi connectivity index (χ0v) is 13.1. The van der Waals surface area contributed by atoms with Crippen molar-refractivity contribution in [1.29, 1.82) is 5.26 Å². The van der Waals surface area contributed by atoms with Crippen LogP contribution in [0.15, 0.2) is 79.0 Å². The van der Waals surface area contributed by atoms with Gasteiger partial charge in [0.2, 0.25) is 0 Å². The number of pyridine rings is 1. The van der Waals surface area contributed by atoms with Crippen LogP contribution in [0.2, 0.25) is 0 Å². The topological polar surface area (TPSA) is 45.9 Å². The van der Waals surface area contributed by atoms with Crippen LogP contribution in [-0.4, -0.2) is 4.98 Å². The molecule has 0 saturated heterocycles. The van der Waals surface area contributed by atoms with Gasteiger partial charge in [-0.05, 0) is 41.5 Å². The summed E-state index contributed by atoms with van der Waals surface area (Å²) in [5, 5.41) is 9.37. The number of hydrogen-bond donors (Lipinski definition) is 0. The number of aromatic nitrogens is 1. The summed E-state index contributed by atoms with van der Waals surface area (Å²) in [6.45, 7) is 0.513. The molecule has 0 aliphatic heterocycles. The quantitative estimate of drug-likeness (QED) is 0.640. The van der Waals surface area contributed by atoms with Crippen molar-refractivity contribution in [3.63, 3.8) is 0 Å². The van der Waals surface area contributed by atoms with Gasteiger partial charge >= 0.3 is 0 Å². The third-order valence-electron chi connectivity index (χ3n) is 3.48. The van der Waals surface area contributed by atoms with Crippen LogP contribution >= 0.6 is 0 Å². The largest absolute Gasteiger partial charge is 0.489 e. The van der Waals surface area contributed by atoms with Gasteiger partial charge in [0.05, 0.1) is 11.3 Å². The van der Waals surface area contributed by atoms with E-state index in [2.05, 4.69) is 11.1 Å². The van der Waals surface area contributed by atoms with E-state index in [4.69, 9.17) is 4.74 Å². The van der Waals surface area contributed by atoms with Gasteiger partial charge in [-0.2, -0.15) is 5.26 Å². The van der Waals surface area contributed by atoms with E-state index in [1.165, 1.54) is 0 Å². The highest BCUT2D eigenvalue weighted by Gasteiger charge is 2.03. The predicted octanol–water partition coefficient (Wildman–Crippen LogP) is 4.72. The average Bonchev–Trinajstić information content (AvgIpc) is 2.66. The SMILES string of the molecule is N#CC(=Cc1cccc(OCc2ccccc2)c1)c1ccccn1. The maximum Gasteiger partial charge on any atom is 0.120 e. The van der Waals surface area contributed by atoms with Gasteiger partial charge < -0.3 is 4.74 Å². The zero-order valence-electron chi connectivity index (χ0n) is 13.1. The fourth-order valence-corrected chi connectivity index (χ4v) is 2.29. The van der Waals surface area contributed by atoms with Crippen LogP contribution in [0.4, 0.5) is 0 Å². The minimum Gasteiger partial charge on any atom is -0.489 e. The van der Waals surface area contributed by atoms with Gasteiger partial charge in [-0.25, -0.2) is 0 Å². The Morgan fingerprint density at radius 1 is 1.00 bits per heavy atom. The van der Waals surface area contributed by atoms with Crippen LogP contribution in [-0.2, 0) is 6.61 Å². The number of rotatable bonds is 5. The second kappa shape index (κ2) is 7.75. The van der Waals surface area contributed by atoms with Gasteiger partial charge in [0.25, 0.3) is 0 Å². The van der Waals surface area contributed by atoms with E-state index in [-0.39, 0.29) is 0 Å². The summed E-state index contributed by atoms with van der Waals surface area (Å²) in [7, 11) is 0. The standard InChI is InChI=1S/C21H16N2O/c22-15-19(21-11-4-5-12-23-21)13-18-9-6-10-20(14-18)24-16-17-7-2-1-3-8-17/h1-14H,16H2. The molecule has 2 aromatic carbocycles. The van der Waals surface area contributed by atoms with Gasteiger partial charge in [0.1, 0.15) is 18.4 Å². The monoisotopic (exact) mass is 312 g/mol. The molecule has 0 spiro atoms. The molecule has 0 saturated carbocycles. The first-order valence-corrected chi connectivity index (χ1v) is 7.65. The van der Waals surface area contributed by atoms with Gasteiger partial charge in [0.15, 0.2) is 0 Å². The minimum atomic E-state index is 0.513. The van der Waals surface area contributed by atoms with Crippen molar-refractivity contribution in [2.24, 2.45) is 0 Å².